The van der Waals surface area contributed by atoms with Gasteiger partial charge in [-0.25, -0.2) is 0 Å². The maximum absolute atomic E-state index is 10.1. The van der Waals surface area contributed by atoms with E-state index in [2.05, 4.69) is 29.6 Å². The molecule has 0 unspecified atom stereocenters. The van der Waals surface area contributed by atoms with Crippen LogP contribution in [0.2, 0.25) is 0 Å². The predicted molar refractivity (Wildman–Crippen MR) is 68.9 cm³/mol. The quantitative estimate of drug-likeness (QED) is 0.836. The van der Waals surface area contributed by atoms with E-state index in [1.54, 1.807) is 0 Å². The number of piperidine rings is 1. The SMILES string of the molecule is OC1(c2cccc(CC3CCNCC3)c2)CC1. The van der Waals surface area contributed by atoms with Crippen molar-refractivity contribution >= 4 is 0 Å². The van der Waals surface area contributed by atoms with Crippen LogP contribution in [0.4, 0.5) is 0 Å². The normalized spacial score (nSPS) is 23.6. The molecule has 17 heavy (non-hydrogen) atoms. The van der Waals surface area contributed by atoms with Crippen molar-refractivity contribution in [3.63, 3.8) is 0 Å². The van der Waals surface area contributed by atoms with Crippen LogP contribution >= 0.6 is 0 Å². The number of aliphatic hydroxyl groups is 1. The van der Waals surface area contributed by atoms with Crippen molar-refractivity contribution in [3.8, 4) is 0 Å². The summed E-state index contributed by atoms with van der Waals surface area (Å²) in [7, 11) is 0. The Morgan fingerprint density at radius 1 is 1.24 bits per heavy atom. The minimum Gasteiger partial charge on any atom is -0.385 e. The van der Waals surface area contributed by atoms with Gasteiger partial charge in [0.25, 0.3) is 0 Å². The molecule has 2 heteroatoms. The Bertz CT molecular complexity index is 392. The highest BCUT2D eigenvalue weighted by molar-refractivity contribution is 5.31. The van der Waals surface area contributed by atoms with Gasteiger partial charge in [0.1, 0.15) is 0 Å². The number of rotatable bonds is 3. The second-order valence-electron chi connectivity index (χ2n) is 5.63. The molecule has 0 aromatic heterocycles. The summed E-state index contributed by atoms with van der Waals surface area (Å²) in [5.74, 6) is 0.820. The zero-order chi connectivity index (χ0) is 11.7. The largest absolute Gasteiger partial charge is 0.385 e. The van der Waals surface area contributed by atoms with Crippen molar-refractivity contribution in [3.05, 3.63) is 35.4 Å². The molecule has 1 aromatic rings. The summed E-state index contributed by atoms with van der Waals surface area (Å²) in [6, 6.07) is 8.59. The standard InChI is InChI=1S/C15H21NO/c17-15(6-7-15)14-3-1-2-13(11-14)10-12-4-8-16-9-5-12/h1-3,11-12,16-17H,4-10H2. The van der Waals surface area contributed by atoms with E-state index < -0.39 is 5.60 Å². The topological polar surface area (TPSA) is 32.3 Å². The molecular formula is C15H21NO. The van der Waals surface area contributed by atoms with E-state index in [9.17, 15) is 5.11 Å². The van der Waals surface area contributed by atoms with Crippen LogP contribution in [0.3, 0.4) is 0 Å². The Balaban J connectivity index is 1.70. The zero-order valence-corrected chi connectivity index (χ0v) is 10.3. The van der Waals surface area contributed by atoms with E-state index in [0.717, 1.165) is 37.4 Å². The van der Waals surface area contributed by atoms with Crippen molar-refractivity contribution in [2.75, 3.05) is 13.1 Å². The number of benzene rings is 1. The van der Waals surface area contributed by atoms with E-state index in [4.69, 9.17) is 0 Å². The van der Waals surface area contributed by atoms with Crippen LogP contribution in [-0.2, 0) is 12.0 Å². The van der Waals surface area contributed by atoms with Gasteiger partial charge >= 0.3 is 0 Å². The fraction of sp³-hybridized carbons (Fsp3) is 0.600. The summed E-state index contributed by atoms with van der Waals surface area (Å²) >= 11 is 0. The number of hydrogen-bond acceptors (Lipinski definition) is 2. The van der Waals surface area contributed by atoms with Gasteiger partial charge in [0, 0.05) is 0 Å². The minimum atomic E-state index is -0.482. The summed E-state index contributed by atoms with van der Waals surface area (Å²) < 4.78 is 0. The van der Waals surface area contributed by atoms with Gasteiger partial charge in [-0.2, -0.15) is 0 Å². The van der Waals surface area contributed by atoms with Crippen LogP contribution in [0.5, 0.6) is 0 Å². The molecule has 0 bridgehead atoms. The minimum absolute atomic E-state index is 0.482. The van der Waals surface area contributed by atoms with Crippen LogP contribution in [0, 0.1) is 5.92 Å². The van der Waals surface area contributed by atoms with Crippen LogP contribution in [0.25, 0.3) is 0 Å². The van der Waals surface area contributed by atoms with Gasteiger partial charge in [-0.3, -0.25) is 0 Å². The molecule has 2 fully saturated rings. The zero-order valence-electron chi connectivity index (χ0n) is 10.3. The monoisotopic (exact) mass is 231 g/mol. The maximum Gasteiger partial charge on any atom is 0.0899 e. The Morgan fingerprint density at radius 2 is 2.00 bits per heavy atom. The Kier molecular flexibility index (Phi) is 2.93. The fourth-order valence-electron chi connectivity index (χ4n) is 2.81. The van der Waals surface area contributed by atoms with Gasteiger partial charge in [0.15, 0.2) is 0 Å². The summed E-state index contributed by atoms with van der Waals surface area (Å²) in [4.78, 5) is 0. The first-order chi connectivity index (χ1) is 8.26. The molecule has 2 N–H and O–H groups in total. The highest BCUT2D eigenvalue weighted by atomic mass is 16.3. The molecule has 3 rings (SSSR count). The third-order valence-corrected chi connectivity index (χ3v) is 4.17. The average Bonchev–Trinajstić information content (AvgIpc) is 3.11. The molecule has 2 nitrogen and oxygen atoms in total. The molecule has 1 aliphatic heterocycles. The first kappa shape index (κ1) is 11.2. The number of nitrogens with one attached hydrogen (secondary N) is 1. The molecule has 2 aliphatic rings. The maximum atomic E-state index is 10.1. The predicted octanol–water partition coefficient (Wildman–Crippen LogP) is 2.21. The molecule has 0 radical (unpaired) electrons. The van der Waals surface area contributed by atoms with Gasteiger partial charge in [-0.1, -0.05) is 24.3 Å². The summed E-state index contributed by atoms with van der Waals surface area (Å²) in [6.45, 7) is 2.32. The first-order valence-electron chi connectivity index (χ1n) is 6.79. The van der Waals surface area contributed by atoms with Crippen LogP contribution in [-0.4, -0.2) is 18.2 Å². The lowest BCUT2D eigenvalue weighted by Crippen LogP contribution is -2.28. The first-order valence-corrected chi connectivity index (χ1v) is 6.79. The molecule has 1 saturated heterocycles. The molecule has 0 atom stereocenters. The van der Waals surface area contributed by atoms with E-state index in [1.807, 2.05) is 0 Å². The van der Waals surface area contributed by atoms with Gasteiger partial charge in [-0.05, 0) is 62.2 Å². The van der Waals surface area contributed by atoms with E-state index in [-0.39, 0.29) is 0 Å². The van der Waals surface area contributed by atoms with Crippen molar-refractivity contribution in [1.29, 1.82) is 0 Å². The highest BCUT2D eigenvalue weighted by Crippen LogP contribution is 2.45. The van der Waals surface area contributed by atoms with Crippen molar-refractivity contribution in [2.45, 2.75) is 37.7 Å². The lowest BCUT2D eigenvalue weighted by Gasteiger charge is -2.23. The Labute approximate surface area is 103 Å². The smallest absolute Gasteiger partial charge is 0.0899 e. The van der Waals surface area contributed by atoms with Crippen LogP contribution in [0.15, 0.2) is 24.3 Å². The van der Waals surface area contributed by atoms with Gasteiger partial charge in [0.2, 0.25) is 0 Å². The third-order valence-electron chi connectivity index (χ3n) is 4.17. The fourth-order valence-corrected chi connectivity index (χ4v) is 2.81. The van der Waals surface area contributed by atoms with Gasteiger partial charge < -0.3 is 10.4 Å². The summed E-state index contributed by atoms with van der Waals surface area (Å²) in [6.07, 6.45) is 5.61. The highest BCUT2D eigenvalue weighted by Gasteiger charge is 2.42. The molecule has 1 heterocycles. The third kappa shape index (κ3) is 2.53. The summed E-state index contributed by atoms with van der Waals surface area (Å²) in [5.41, 5.74) is 2.04. The second-order valence-corrected chi connectivity index (χ2v) is 5.63. The lowest BCUT2D eigenvalue weighted by atomic mass is 9.90. The van der Waals surface area contributed by atoms with Crippen LogP contribution in [0.1, 0.15) is 36.8 Å². The van der Waals surface area contributed by atoms with E-state index >= 15 is 0 Å². The van der Waals surface area contributed by atoms with Crippen molar-refractivity contribution in [2.24, 2.45) is 5.92 Å². The molecule has 0 spiro atoms. The average molecular weight is 231 g/mol. The summed E-state index contributed by atoms with van der Waals surface area (Å²) in [5, 5.41) is 13.5. The molecule has 1 aromatic carbocycles. The van der Waals surface area contributed by atoms with Crippen molar-refractivity contribution < 1.29 is 5.11 Å². The lowest BCUT2D eigenvalue weighted by molar-refractivity contribution is 0.151. The molecule has 92 valence electrons. The van der Waals surface area contributed by atoms with Gasteiger partial charge in [-0.15, -0.1) is 0 Å². The molecule has 0 amide bonds. The molecule has 1 aliphatic carbocycles. The van der Waals surface area contributed by atoms with Crippen molar-refractivity contribution in [1.82, 2.24) is 5.32 Å². The van der Waals surface area contributed by atoms with Crippen LogP contribution < -0.4 is 5.32 Å². The van der Waals surface area contributed by atoms with E-state index in [0.29, 0.717) is 0 Å². The van der Waals surface area contributed by atoms with Gasteiger partial charge in [0.05, 0.1) is 5.60 Å². The Hall–Kier alpha value is -0.860. The molecular weight excluding hydrogens is 210 g/mol. The van der Waals surface area contributed by atoms with E-state index in [1.165, 1.54) is 24.8 Å². The molecule has 1 saturated carbocycles. The Morgan fingerprint density at radius 3 is 2.71 bits per heavy atom. The number of hydrogen-bond donors (Lipinski definition) is 2. The second kappa shape index (κ2) is 4.43.